The van der Waals surface area contributed by atoms with E-state index < -0.39 is 23.6 Å². The van der Waals surface area contributed by atoms with E-state index in [2.05, 4.69) is 15.5 Å². The summed E-state index contributed by atoms with van der Waals surface area (Å²) in [6.07, 6.45) is -1.29. The summed E-state index contributed by atoms with van der Waals surface area (Å²) in [7, 11) is 1.76. The number of rotatable bonds is 6. The van der Waals surface area contributed by atoms with Gasteiger partial charge in [-0.15, -0.1) is 0 Å². The second kappa shape index (κ2) is 7.83. The second-order valence-electron chi connectivity index (χ2n) is 6.96. The molecule has 0 fully saturated rings. The standard InChI is InChI=1S/C19H15F3N6O4/c1-26-6-5-11(9-26)18(29)23-8-16-24-17(25-32-16)15-7-12-13(27(15)10-19(20,21)22)3-2-4-14(12)28(30)31/h2-7,9H,8,10H2,1H3,(H,23,29). The SMILES string of the molecule is Cn1ccc(C(=O)NCc2nc(-c3cc4c([N+](=O)[O-])cccc4n3CC(F)(F)F)no2)c1. The number of amides is 1. The first-order chi connectivity index (χ1) is 15.1. The third-order valence-electron chi connectivity index (χ3n) is 4.65. The molecule has 0 radical (unpaired) electrons. The van der Waals surface area contributed by atoms with E-state index in [0.717, 1.165) is 4.57 Å². The van der Waals surface area contributed by atoms with Gasteiger partial charge in [0.1, 0.15) is 6.54 Å². The van der Waals surface area contributed by atoms with Gasteiger partial charge >= 0.3 is 6.18 Å². The van der Waals surface area contributed by atoms with Crippen LogP contribution in [0.3, 0.4) is 0 Å². The number of carbonyl (C=O) groups excluding carboxylic acids is 1. The Morgan fingerprint density at radius 3 is 2.75 bits per heavy atom. The van der Waals surface area contributed by atoms with Crippen molar-refractivity contribution >= 4 is 22.5 Å². The number of hydrogen-bond donors (Lipinski definition) is 1. The minimum absolute atomic E-state index is 0.00950. The Kier molecular flexibility index (Phi) is 5.16. The van der Waals surface area contributed by atoms with Crippen molar-refractivity contribution in [2.24, 2.45) is 7.05 Å². The number of non-ortho nitro benzene ring substituents is 1. The maximum Gasteiger partial charge on any atom is 0.406 e. The van der Waals surface area contributed by atoms with Crippen LogP contribution in [-0.2, 0) is 20.1 Å². The number of carbonyl (C=O) groups is 1. The predicted octanol–water partition coefficient (Wildman–Crippen LogP) is 3.43. The Morgan fingerprint density at radius 1 is 1.31 bits per heavy atom. The van der Waals surface area contributed by atoms with Crippen molar-refractivity contribution in [3.05, 3.63) is 64.3 Å². The molecule has 13 heteroatoms. The summed E-state index contributed by atoms with van der Waals surface area (Å²) < 4.78 is 47.2. The Balaban J connectivity index is 1.66. The topological polar surface area (TPSA) is 121 Å². The Bertz CT molecular complexity index is 1320. The van der Waals surface area contributed by atoms with E-state index in [1.165, 1.54) is 24.3 Å². The number of nitro benzene ring substituents is 1. The average Bonchev–Trinajstić information content (AvgIpc) is 3.43. The molecular weight excluding hydrogens is 433 g/mol. The zero-order valence-electron chi connectivity index (χ0n) is 16.5. The lowest BCUT2D eigenvalue weighted by Gasteiger charge is -2.11. The van der Waals surface area contributed by atoms with Crippen molar-refractivity contribution in [2.45, 2.75) is 19.3 Å². The van der Waals surface area contributed by atoms with Gasteiger partial charge in [-0.25, -0.2) is 0 Å². The number of benzene rings is 1. The normalized spacial score (nSPS) is 11.8. The van der Waals surface area contributed by atoms with Crippen LogP contribution in [0.1, 0.15) is 16.2 Å². The van der Waals surface area contributed by atoms with Crippen LogP contribution < -0.4 is 5.32 Å². The molecule has 166 valence electrons. The fourth-order valence-electron chi connectivity index (χ4n) is 3.29. The molecule has 0 aliphatic rings. The van der Waals surface area contributed by atoms with E-state index in [1.54, 1.807) is 30.1 Å². The largest absolute Gasteiger partial charge is 0.406 e. The number of aromatic nitrogens is 4. The van der Waals surface area contributed by atoms with E-state index in [1.807, 2.05) is 0 Å². The molecule has 4 aromatic rings. The van der Waals surface area contributed by atoms with Crippen molar-refractivity contribution < 1.29 is 27.4 Å². The van der Waals surface area contributed by atoms with Crippen molar-refractivity contribution in [1.29, 1.82) is 0 Å². The van der Waals surface area contributed by atoms with Gasteiger partial charge in [-0.05, 0) is 18.2 Å². The first kappa shape index (κ1) is 21.1. The highest BCUT2D eigenvalue weighted by Crippen LogP contribution is 2.34. The Hall–Kier alpha value is -4.16. The highest BCUT2D eigenvalue weighted by Gasteiger charge is 2.32. The van der Waals surface area contributed by atoms with Gasteiger partial charge in [0.25, 0.3) is 11.6 Å². The predicted molar refractivity (Wildman–Crippen MR) is 105 cm³/mol. The summed E-state index contributed by atoms with van der Waals surface area (Å²) in [5.74, 6) is -0.626. The third kappa shape index (κ3) is 4.17. The summed E-state index contributed by atoms with van der Waals surface area (Å²) in [4.78, 5) is 26.8. The number of aryl methyl sites for hydroxylation is 1. The first-order valence-electron chi connectivity index (χ1n) is 9.19. The van der Waals surface area contributed by atoms with Crippen LogP contribution in [0.25, 0.3) is 22.4 Å². The van der Waals surface area contributed by atoms with E-state index >= 15 is 0 Å². The number of halogens is 3. The molecule has 1 amide bonds. The van der Waals surface area contributed by atoms with E-state index in [0.29, 0.717) is 5.56 Å². The van der Waals surface area contributed by atoms with Gasteiger partial charge < -0.3 is 19.0 Å². The van der Waals surface area contributed by atoms with Crippen LogP contribution in [0.2, 0.25) is 0 Å². The lowest BCUT2D eigenvalue weighted by molar-refractivity contribution is -0.383. The molecule has 4 rings (SSSR count). The lowest BCUT2D eigenvalue weighted by atomic mass is 10.2. The molecule has 0 bridgehead atoms. The van der Waals surface area contributed by atoms with Crippen molar-refractivity contribution in [2.75, 3.05) is 0 Å². The zero-order valence-corrected chi connectivity index (χ0v) is 16.5. The van der Waals surface area contributed by atoms with Crippen LogP contribution >= 0.6 is 0 Å². The molecule has 0 saturated heterocycles. The molecule has 32 heavy (non-hydrogen) atoms. The molecule has 0 atom stereocenters. The Morgan fingerprint density at radius 2 is 2.09 bits per heavy atom. The number of hydrogen-bond acceptors (Lipinski definition) is 6. The smallest absolute Gasteiger partial charge is 0.356 e. The second-order valence-corrected chi connectivity index (χ2v) is 6.96. The van der Waals surface area contributed by atoms with Crippen molar-refractivity contribution in [1.82, 2.24) is 24.6 Å². The van der Waals surface area contributed by atoms with Gasteiger partial charge in [-0.3, -0.25) is 14.9 Å². The fourth-order valence-corrected chi connectivity index (χ4v) is 3.29. The maximum atomic E-state index is 13.2. The zero-order chi connectivity index (χ0) is 23.0. The molecule has 3 heterocycles. The Labute approximate surface area is 177 Å². The summed E-state index contributed by atoms with van der Waals surface area (Å²) in [6.45, 7) is -1.55. The highest BCUT2D eigenvalue weighted by atomic mass is 19.4. The highest BCUT2D eigenvalue weighted by molar-refractivity contribution is 5.94. The molecule has 0 unspecified atom stereocenters. The molecule has 0 aliphatic heterocycles. The summed E-state index contributed by atoms with van der Waals surface area (Å²) in [5.41, 5.74) is -0.0281. The monoisotopic (exact) mass is 448 g/mol. The van der Waals surface area contributed by atoms with E-state index in [4.69, 9.17) is 4.52 Å². The van der Waals surface area contributed by atoms with Crippen LogP contribution in [0.15, 0.2) is 47.2 Å². The number of fused-ring (bicyclic) bond motifs is 1. The van der Waals surface area contributed by atoms with Gasteiger partial charge in [0.05, 0.1) is 33.6 Å². The molecule has 0 saturated carbocycles. The first-order valence-corrected chi connectivity index (χ1v) is 9.19. The van der Waals surface area contributed by atoms with Crippen molar-refractivity contribution in [3.8, 4) is 11.5 Å². The van der Waals surface area contributed by atoms with Crippen molar-refractivity contribution in [3.63, 3.8) is 0 Å². The number of nitrogens with zero attached hydrogens (tertiary/aromatic N) is 5. The molecule has 0 spiro atoms. The third-order valence-corrected chi connectivity index (χ3v) is 4.65. The molecular formula is C19H15F3N6O4. The number of nitrogens with one attached hydrogen (secondary N) is 1. The summed E-state index contributed by atoms with van der Waals surface area (Å²) in [6, 6.07) is 6.68. The van der Waals surface area contributed by atoms with Gasteiger partial charge in [0, 0.05) is 25.5 Å². The minimum atomic E-state index is -4.60. The van der Waals surface area contributed by atoms with Gasteiger partial charge in [-0.2, -0.15) is 18.2 Å². The minimum Gasteiger partial charge on any atom is -0.356 e. The number of nitro groups is 1. The molecule has 10 nitrogen and oxygen atoms in total. The molecule has 0 aliphatic carbocycles. The van der Waals surface area contributed by atoms with Gasteiger partial charge in [0.2, 0.25) is 11.7 Å². The van der Waals surface area contributed by atoms with Crippen LogP contribution in [-0.4, -0.2) is 36.3 Å². The quantitative estimate of drug-likeness (QED) is 0.356. The maximum absolute atomic E-state index is 13.2. The summed E-state index contributed by atoms with van der Waals surface area (Å²) >= 11 is 0. The van der Waals surface area contributed by atoms with Gasteiger partial charge in [0.15, 0.2) is 0 Å². The fraction of sp³-hybridized carbons (Fsp3) is 0.211. The van der Waals surface area contributed by atoms with E-state index in [9.17, 15) is 28.1 Å². The van der Waals surface area contributed by atoms with E-state index in [-0.39, 0.29) is 40.5 Å². The van der Waals surface area contributed by atoms with Crippen LogP contribution in [0, 0.1) is 10.1 Å². The number of alkyl halides is 3. The molecule has 3 aromatic heterocycles. The molecule has 1 N–H and O–H groups in total. The van der Waals surface area contributed by atoms with Crippen LogP contribution in [0.4, 0.5) is 18.9 Å². The van der Waals surface area contributed by atoms with Gasteiger partial charge in [-0.1, -0.05) is 11.2 Å². The molecule has 1 aromatic carbocycles. The summed E-state index contributed by atoms with van der Waals surface area (Å²) in [5, 5.41) is 17.6. The lowest BCUT2D eigenvalue weighted by Crippen LogP contribution is -2.22. The van der Waals surface area contributed by atoms with Crippen LogP contribution in [0.5, 0.6) is 0 Å². The average molecular weight is 448 g/mol.